The lowest BCUT2D eigenvalue weighted by Gasteiger charge is -2.21. The Labute approximate surface area is 110 Å². The first-order valence-electron chi connectivity index (χ1n) is 5.76. The third-order valence-corrected chi connectivity index (χ3v) is 3.51. The summed E-state index contributed by atoms with van der Waals surface area (Å²) in [7, 11) is 0. The number of aromatic nitrogens is 2. The van der Waals surface area contributed by atoms with Crippen molar-refractivity contribution < 1.29 is 4.79 Å². The van der Waals surface area contributed by atoms with Crippen LogP contribution in [0.25, 0.3) is 0 Å². The van der Waals surface area contributed by atoms with Gasteiger partial charge in [-0.3, -0.25) is 5.10 Å². The van der Waals surface area contributed by atoms with Gasteiger partial charge in [0.1, 0.15) is 0 Å². The lowest BCUT2D eigenvalue weighted by atomic mass is 10.0. The molecular weight excluding hydrogens is 248 g/mol. The highest BCUT2D eigenvalue weighted by atomic mass is 32.1. The second-order valence-corrected chi connectivity index (χ2v) is 5.30. The van der Waals surface area contributed by atoms with Crippen molar-refractivity contribution in [2.45, 2.75) is 19.9 Å². The van der Waals surface area contributed by atoms with Crippen LogP contribution in [0.4, 0.5) is 10.5 Å². The maximum absolute atomic E-state index is 11.9. The number of amides is 2. The molecule has 0 aromatic carbocycles. The molecule has 0 radical (unpaired) electrons. The zero-order valence-electron chi connectivity index (χ0n) is 10.3. The van der Waals surface area contributed by atoms with E-state index >= 15 is 0 Å². The van der Waals surface area contributed by atoms with Crippen LogP contribution in [0.15, 0.2) is 29.9 Å². The van der Waals surface area contributed by atoms with Gasteiger partial charge in [-0.25, -0.2) is 4.79 Å². The summed E-state index contributed by atoms with van der Waals surface area (Å²) in [6, 6.07) is 3.83. The third kappa shape index (κ3) is 3.10. The summed E-state index contributed by atoms with van der Waals surface area (Å²) in [5.74, 6) is 0.332. The molecule has 0 bridgehead atoms. The molecule has 2 aromatic heterocycles. The van der Waals surface area contributed by atoms with Gasteiger partial charge in [-0.2, -0.15) is 5.10 Å². The number of H-pyrrole nitrogens is 1. The molecule has 3 N–H and O–H groups in total. The minimum absolute atomic E-state index is 0.0249. The number of anilines is 1. The summed E-state index contributed by atoms with van der Waals surface area (Å²) in [6.07, 6.45) is 3.20. The number of hydrogen-bond donors (Lipinski definition) is 3. The van der Waals surface area contributed by atoms with Crippen molar-refractivity contribution >= 4 is 23.1 Å². The van der Waals surface area contributed by atoms with Gasteiger partial charge in [0.15, 0.2) is 0 Å². The van der Waals surface area contributed by atoms with E-state index in [4.69, 9.17) is 0 Å². The topological polar surface area (TPSA) is 69.8 Å². The second-order valence-electron chi connectivity index (χ2n) is 4.32. The van der Waals surface area contributed by atoms with Crippen LogP contribution in [0.2, 0.25) is 0 Å². The number of nitrogens with zero attached hydrogens (tertiary/aromatic N) is 1. The summed E-state index contributed by atoms with van der Waals surface area (Å²) in [5.41, 5.74) is 0.654. The van der Waals surface area contributed by atoms with Crippen molar-refractivity contribution in [2.24, 2.45) is 5.92 Å². The predicted octanol–water partition coefficient (Wildman–Crippen LogP) is 2.99. The molecule has 0 aliphatic carbocycles. The monoisotopic (exact) mass is 264 g/mol. The largest absolute Gasteiger partial charge is 0.330 e. The Morgan fingerprint density at radius 2 is 2.33 bits per heavy atom. The minimum atomic E-state index is -0.219. The van der Waals surface area contributed by atoms with Crippen molar-refractivity contribution in [3.63, 3.8) is 0 Å². The molecule has 2 rings (SSSR count). The van der Waals surface area contributed by atoms with E-state index < -0.39 is 0 Å². The van der Waals surface area contributed by atoms with Gasteiger partial charge in [0.2, 0.25) is 0 Å². The molecule has 0 saturated heterocycles. The van der Waals surface area contributed by atoms with Crippen molar-refractivity contribution in [1.29, 1.82) is 0 Å². The fourth-order valence-electron chi connectivity index (χ4n) is 1.66. The van der Waals surface area contributed by atoms with Crippen LogP contribution in [0, 0.1) is 5.92 Å². The number of rotatable bonds is 4. The maximum atomic E-state index is 11.9. The van der Waals surface area contributed by atoms with Gasteiger partial charge in [-0.1, -0.05) is 19.9 Å². The van der Waals surface area contributed by atoms with E-state index in [9.17, 15) is 4.79 Å². The van der Waals surface area contributed by atoms with Gasteiger partial charge in [-0.05, 0) is 17.4 Å². The maximum Gasteiger partial charge on any atom is 0.319 e. The van der Waals surface area contributed by atoms with E-state index in [1.807, 2.05) is 17.5 Å². The van der Waals surface area contributed by atoms with E-state index in [2.05, 4.69) is 34.7 Å². The fourth-order valence-corrected chi connectivity index (χ4v) is 2.61. The van der Waals surface area contributed by atoms with E-state index in [0.717, 1.165) is 4.88 Å². The summed E-state index contributed by atoms with van der Waals surface area (Å²) in [4.78, 5) is 13.0. The fraction of sp³-hybridized carbons (Fsp3) is 0.333. The number of carbonyl (C=O) groups excluding carboxylic acids is 1. The molecule has 0 aliphatic rings. The standard InChI is InChI=1S/C12H16N4OS/c1-8(2)11(10-4-3-5-18-10)16-12(17)15-9-6-13-14-7-9/h3-8,11H,1-2H3,(H,13,14)(H2,15,16,17). The van der Waals surface area contributed by atoms with Crippen LogP contribution in [0.1, 0.15) is 24.8 Å². The van der Waals surface area contributed by atoms with Gasteiger partial charge in [0.25, 0.3) is 0 Å². The van der Waals surface area contributed by atoms with Crippen LogP contribution in [-0.4, -0.2) is 16.2 Å². The van der Waals surface area contributed by atoms with Crippen molar-refractivity contribution in [1.82, 2.24) is 15.5 Å². The average Bonchev–Trinajstić information content (AvgIpc) is 2.97. The van der Waals surface area contributed by atoms with Crippen LogP contribution in [0.5, 0.6) is 0 Å². The molecule has 0 saturated carbocycles. The first-order chi connectivity index (χ1) is 8.66. The molecule has 2 heterocycles. The van der Waals surface area contributed by atoms with Crippen LogP contribution in [0.3, 0.4) is 0 Å². The summed E-state index contributed by atoms with van der Waals surface area (Å²) < 4.78 is 0. The van der Waals surface area contributed by atoms with Gasteiger partial charge in [0.05, 0.1) is 17.9 Å². The van der Waals surface area contributed by atoms with Gasteiger partial charge >= 0.3 is 6.03 Å². The molecule has 2 amide bonds. The Morgan fingerprint density at radius 3 is 2.89 bits per heavy atom. The lowest BCUT2D eigenvalue weighted by molar-refractivity contribution is 0.245. The lowest BCUT2D eigenvalue weighted by Crippen LogP contribution is -2.34. The van der Waals surface area contributed by atoms with Gasteiger partial charge < -0.3 is 10.6 Å². The van der Waals surface area contributed by atoms with E-state index in [1.54, 1.807) is 23.7 Å². The van der Waals surface area contributed by atoms with E-state index in [-0.39, 0.29) is 12.1 Å². The Bertz CT molecular complexity index is 478. The quantitative estimate of drug-likeness (QED) is 0.794. The highest BCUT2D eigenvalue weighted by molar-refractivity contribution is 7.10. The first-order valence-corrected chi connectivity index (χ1v) is 6.64. The number of hydrogen-bond acceptors (Lipinski definition) is 3. The first kappa shape index (κ1) is 12.6. The van der Waals surface area contributed by atoms with Gasteiger partial charge in [0, 0.05) is 11.1 Å². The Hall–Kier alpha value is -1.82. The number of thiophene rings is 1. The summed E-state index contributed by atoms with van der Waals surface area (Å²) in [5, 5.41) is 14.1. The predicted molar refractivity (Wildman–Crippen MR) is 72.6 cm³/mol. The Balaban J connectivity index is 1.99. The molecule has 0 spiro atoms. The number of carbonyl (C=O) groups is 1. The molecule has 96 valence electrons. The van der Waals surface area contributed by atoms with Crippen molar-refractivity contribution in [3.05, 3.63) is 34.8 Å². The second kappa shape index (κ2) is 5.68. The number of nitrogens with one attached hydrogen (secondary N) is 3. The normalized spacial score (nSPS) is 12.4. The zero-order valence-corrected chi connectivity index (χ0v) is 11.1. The molecule has 5 nitrogen and oxygen atoms in total. The highest BCUT2D eigenvalue weighted by Crippen LogP contribution is 2.25. The Morgan fingerprint density at radius 1 is 1.50 bits per heavy atom. The minimum Gasteiger partial charge on any atom is -0.330 e. The summed E-state index contributed by atoms with van der Waals surface area (Å²) >= 11 is 1.65. The molecule has 18 heavy (non-hydrogen) atoms. The number of urea groups is 1. The van der Waals surface area contributed by atoms with Crippen LogP contribution < -0.4 is 10.6 Å². The van der Waals surface area contributed by atoms with E-state index in [1.165, 1.54) is 0 Å². The molecule has 0 aliphatic heterocycles. The number of aromatic amines is 1. The smallest absolute Gasteiger partial charge is 0.319 e. The highest BCUT2D eigenvalue weighted by Gasteiger charge is 2.19. The SMILES string of the molecule is CC(C)C(NC(=O)Nc1cn[nH]c1)c1cccs1. The molecule has 0 fully saturated rings. The molecule has 1 unspecified atom stereocenters. The van der Waals surface area contributed by atoms with Gasteiger partial charge in [-0.15, -0.1) is 11.3 Å². The van der Waals surface area contributed by atoms with Crippen molar-refractivity contribution in [3.8, 4) is 0 Å². The Kier molecular flexibility index (Phi) is 3.99. The van der Waals surface area contributed by atoms with Crippen LogP contribution >= 0.6 is 11.3 Å². The van der Waals surface area contributed by atoms with Crippen molar-refractivity contribution in [2.75, 3.05) is 5.32 Å². The van der Waals surface area contributed by atoms with Crippen LogP contribution in [-0.2, 0) is 0 Å². The van der Waals surface area contributed by atoms with E-state index in [0.29, 0.717) is 11.6 Å². The summed E-state index contributed by atoms with van der Waals surface area (Å²) in [6.45, 7) is 4.17. The molecule has 6 heteroatoms. The zero-order chi connectivity index (χ0) is 13.0. The molecular formula is C12H16N4OS. The molecule has 2 aromatic rings. The average molecular weight is 264 g/mol. The molecule has 1 atom stereocenters. The third-order valence-electron chi connectivity index (χ3n) is 2.56.